The number of carboxylic acids is 1. The summed E-state index contributed by atoms with van der Waals surface area (Å²) in [6.45, 7) is 0. The molecular weight excluding hydrogens is 453 g/mol. The standard InChI is InChI=1S/C23H17Cl2N3O4/c1-27(2)23-20(21(26-32-23)19-15(24)6-4-7-16(19)25)22(31)28-12-11-14-13(9-10-18(29)30)5-3-8-17(14)28/h3-12H,1-2H3,(H,29,30)/b10-9+. The molecule has 1 N–H and O–H groups in total. The van der Waals surface area contributed by atoms with Crippen LogP contribution in [0, 0.1) is 0 Å². The van der Waals surface area contributed by atoms with Gasteiger partial charge in [-0.05, 0) is 35.9 Å². The smallest absolute Gasteiger partial charge is 0.328 e. The number of aromatic nitrogens is 2. The highest BCUT2D eigenvalue weighted by atomic mass is 35.5. The number of carboxylic acid groups (broad SMARTS) is 1. The zero-order valence-corrected chi connectivity index (χ0v) is 18.6. The lowest BCUT2D eigenvalue weighted by Crippen LogP contribution is -2.17. The number of hydrogen-bond acceptors (Lipinski definition) is 5. The van der Waals surface area contributed by atoms with Crippen LogP contribution in [0.4, 0.5) is 5.88 Å². The van der Waals surface area contributed by atoms with Crippen LogP contribution in [-0.4, -0.2) is 40.8 Å². The second-order valence-corrected chi connectivity index (χ2v) is 7.96. The molecule has 4 aromatic rings. The van der Waals surface area contributed by atoms with E-state index < -0.39 is 11.9 Å². The van der Waals surface area contributed by atoms with E-state index in [4.69, 9.17) is 32.8 Å². The molecule has 0 radical (unpaired) electrons. The van der Waals surface area contributed by atoms with Crippen LogP contribution in [0.1, 0.15) is 15.9 Å². The van der Waals surface area contributed by atoms with E-state index in [9.17, 15) is 9.59 Å². The normalized spacial score (nSPS) is 11.4. The quantitative estimate of drug-likeness (QED) is 0.390. The summed E-state index contributed by atoms with van der Waals surface area (Å²) < 4.78 is 6.95. The third kappa shape index (κ3) is 3.77. The van der Waals surface area contributed by atoms with E-state index >= 15 is 0 Å². The average Bonchev–Trinajstić information content (AvgIpc) is 3.37. The Kier molecular flexibility index (Phi) is 5.78. The van der Waals surface area contributed by atoms with Crippen molar-refractivity contribution in [2.45, 2.75) is 0 Å². The number of carbonyl (C=O) groups is 2. The van der Waals surface area contributed by atoms with Crippen LogP contribution in [0.15, 0.2) is 59.3 Å². The Morgan fingerprint density at radius 1 is 1.09 bits per heavy atom. The minimum Gasteiger partial charge on any atom is -0.478 e. The van der Waals surface area contributed by atoms with Gasteiger partial charge >= 0.3 is 5.97 Å². The Morgan fingerprint density at radius 2 is 1.78 bits per heavy atom. The van der Waals surface area contributed by atoms with Crippen LogP contribution in [0.3, 0.4) is 0 Å². The molecule has 4 rings (SSSR count). The van der Waals surface area contributed by atoms with Crippen molar-refractivity contribution in [1.82, 2.24) is 9.72 Å². The Labute approximate surface area is 193 Å². The molecule has 0 spiro atoms. The molecule has 9 heteroatoms. The lowest BCUT2D eigenvalue weighted by molar-refractivity contribution is -0.131. The Bertz CT molecular complexity index is 1370. The topological polar surface area (TPSA) is 88.6 Å². The number of rotatable bonds is 5. The molecule has 32 heavy (non-hydrogen) atoms. The molecule has 0 unspecified atom stereocenters. The molecule has 162 valence electrons. The van der Waals surface area contributed by atoms with Crippen LogP contribution in [0.2, 0.25) is 10.0 Å². The van der Waals surface area contributed by atoms with Gasteiger partial charge in [0.25, 0.3) is 5.91 Å². The summed E-state index contributed by atoms with van der Waals surface area (Å²) in [6, 6.07) is 12.1. The van der Waals surface area contributed by atoms with Crippen molar-refractivity contribution >= 4 is 57.9 Å². The second kappa shape index (κ2) is 8.53. The molecule has 0 fully saturated rings. The second-order valence-electron chi connectivity index (χ2n) is 7.14. The minimum absolute atomic E-state index is 0.203. The van der Waals surface area contributed by atoms with Gasteiger partial charge in [-0.3, -0.25) is 9.36 Å². The maximum atomic E-state index is 13.7. The average molecular weight is 470 g/mol. The number of anilines is 1. The maximum absolute atomic E-state index is 13.7. The van der Waals surface area contributed by atoms with Gasteiger partial charge in [0.1, 0.15) is 11.3 Å². The van der Waals surface area contributed by atoms with E-state index in [0.29, 0.717) is 26.7 Å². The van der Waals surface area contributed by atoms with Crippen LogP contribution in [-0.2, 0) is 4.79 Å². The first-order chi connectivity index (χ1) is 15.3. The molecule has 2 aromatic carbocycles. The van der Waals surface area contributed by atoms with Gasteiger partial charge in [-0.1, -0.05) is 46.6 Å². The van der Waals surface area contributed by atoms with E-state index in [0.717, 1.165) is 11.5 Å². The Balaban J connectivity index is 1.91. The van der Waals surface area contributed by atoms with Crippen molar-refractivity contribution in [3.63, 3.8) is 0 Å². The number of halogens is 2. The molecule has 2 heterocycles. The first-order valence-corrected chi connectivity index (χ1v) is 10.2. The Hall–Kier alpha value is -3.55. The molecule has 0 bridgehead atoms. The number of carbonyl (C=O) groups excluding carboxylic acids is 1. The summed E-state index contributed by atoms with van der Waals surface area (Å²) in [5.74, 6) is -1.20. The molecule has 0 aliphatic heterocycles. The molecule has 0 saturated carbocycles. The zero-order valence-electron chi connectivity index (χ0n) is 17.0. The number of hydrogen-bond donors (Lipinski definition) is 1. The first-order valence-electron chi connectivity index (χ1n) is 9.46. The van der Waals surface area contributed by atoms with Crippen molar-refractivity contribution in [3.8, 4) is 11.3 Å². The predicted molar refractivity (Wildman–Crippen MR) is 125 cm³/mol. The van der Waals surface area contributed by atoms with Gasteiger partial charge < -0.3 is 14.5 Å². The maximum Gasteiger partial charge on any atom is 0.328 e. The monoisotopic (exact) mass is 469 g/mol. The summed E-state index contributed by atoms with van der Waals surface area (Å²) in [4.78, 5) is 26.3. The van der Waals surface area contributed by atoms with Gasteiger partial charge in [0, 0.05) is 37.3 Å². The summed E-state index contributed by atoms with van der Waals surface area (Å²) in [5.41, 5.74) is 2.11. The summed E-state index contributed by atoms with van der Waals surface area (Å²) in [7, 11) is 3.47. The van der Waals surface area contributed by atoms with Crippen molar-refractivity contribution in [2.24, 2.45) is 0 Å². The molecule has 2 aromatic heterocycles. The lowest BCUT2D eigenvalue weighted by Gasteiger charge is -2.12. The van der Waals surface area contributed by atoms with Crippen LogP contribution >= 0.6 is 23.2 Å². The van der Waals surface area contributed by atoms with Crippen LogP contribution in [0.5, 0.6) is 0 Å². The van der Waals surface area contributed by atoms with E-state index in [1.54, 1.807) is 67.7 Å². The van der Waals surface area contributed by atoms with Crippen molar-refractivity contribution in [1.29, 1.82) is 0 Å². The van der Waals surface area contributed by atoms with Crippen molar-refractivity contribution in [2.75, 3.05) is 19.0 Å². The van der Waals surface area contributed by atoms with Gasteiger partial charge in [0.05, 0.1) is 15.6 Å². The number of nitrogens with zero attached hydrogens (tertiary/aromatic N) is 3. The van der Waals surface area contributed by atoms with E-state index in [1.807, 2.05) is 0 Å². The van der Waals surface area contributed by atoms with Gasteiger partial charge in [-0.2, -0.15) is 0 Å². The van der Waals surface area contributed by atoms with Gasteiger partial charge in [0.15, 0.2) is 0 Å². The third-order valence-corrected chi connectivity index (χ3v) is 5.51. The van der Waals surface area contributed by atoms with E-state index in [2.05, 4.69) is 5.16 Å². The SMILES string of the molecule is CN(C)c1onc(-c2c(Cl)cccc2Cl)c1C(=O)n1ccc2c(/C=C/C(=O)O)cccc21. The fraction of sp³-hybridized carbons (Fsp3) is 0.0870. The molecule has 0 aliphatic carbocycles. The number of aliphatic carboxylic acids is 1. The molecule has 7 nitrogen and oxygen atoms in total. The van der Waals surface area contributed by atoms with Gasteiger partial charge in [0.2, 0.25) is 5.88 Å². The fourth-order valence-corrected chi connectivity index (χ4v) is 4.05. The predicted octanol–water partition coefficient (Wildman–Crippen LogP) is 5.46. The molecule has 0 atom stereocenters. The summed E-state index contributed by atoms with van der Waals surface area (Å²) >= 11 is 12.8. The molecular formula is C23H17Cl2N3O4. The highest BCUT2D eigenvalue weighted by Crippen LogP contribution is 2.39. The summed E-state index contributed by atoms with van der Waals surface area (Å²) in [6.07, 6.45) is 4.16. The molecule has 0 saturated heterocycles. The van der Waals surface area contributed by atoms with Crippen LogP contribution < -0.4 is 4.90 Å². The van der Waals surface area contributed by atoms with E-state index in [1.165, 1.54) is 10.6 Å². The minimum atomic E-state index is -1.06. The highest BCUT2D eigenvalue weighted by molar-refractivity contribution is 6.39. The number of benzene rings is 2. The fourth-order valence-electron chi connectivity index (χ4n) is 3.47. The van der Waals surface area contributed by atoms with Crippen molar-refractivity contribution < 1.29 is 19.2 Å². The third-order valence-electron chi connectivity index (χ3n) is 4.88. The zero-order chi connectivity index (χ0) is 23.0. The van der Waals surface area contributed by atoms with Crippen LogP contribution in [0.25, 0.3) is 28.2 Å². The largest absolute Gasteiger partial charge is 0.478 e. The van der Waals surface area contributed by atoms with Gasteiger partial charge in [-0.15, -0.1) is 0 Å². The van der Waals surface area contributed by atoms with Crippen molar-refractivity contribution in [3.05, 3.63) is 75.9 Å². The first kappa shape index (κ1) is 21.7. The Morgan fingerprint density at radius 3 is 2.44 bits per heavy atom. The molecule has 0 amide bonds. The van der Waals surface area contributed by atoms with Gasteiger partial charge in [-0.25, -0.2) is 4.79 Å². The van der Waals surface area contributed by atoms with E-state index in [-0.39, 0.29) is 17.1 Å². The highest BCUT2D eigenvalue weighted by Gasteiger charge is 2.29. The summed E-state index contributed by atoms with van der Waals surface area (Å²) in [5, 5.41) is 14.4. The molecule has 0 aliphatic rings. The number of fused-ring (bicyclic) bond motifs is 1. The lowest BCUT2D eigenvalue weighted by atomic mass is 10.1.